The largest absolute Gasteiger partial charge is 0.351 e. The molecule has 5 heteroatoms. The van der Waals surface area contributed by atoms with E-state index in [1.165, 1.54) is 6.07 Å². The molecule has 0 aromatic carbocycles. The molecule has 3 N–H and O–H groups in total. The van der Waals surface area contributed by atoms with E-state index in [1.54, 1.807) is 0 Å². The van der Waals surface area contributed by atoms with E-state index in [1.807, 2.05) is 6.92 Å². The predicted octanol–water partition coefficient (Wildman–Crippen LogP) is -0.547. The van der Waals surface area contributed by atoms with Gasteiger partial charge in [-0.15, -0.1) is 0 Å². The highest BCUT2D eigenvalue weighted by atomic mass is 16.2. The lowest BCUT2D eigenvalue weighted by molar-refractivity contribution is 0.0951. The smallest absolute Gasteiger partial charge is 0.269 e. The molecule has 1 aromatic rings. The van der Waals surface area contributed by atoms with Crippen molar-refractivity contribution in [2.45, 2.75) is 6.92 Å². The highest BCUT2D eigenvalue weighted by molar-refractivity contribution is 5.91. The van der Waals surface area contributed by atoms with Crippen LogP contribution in [0.25, 0.3) is 0 Å². The first-order valence-corrected chi connectivity index (χ1v) is 3.30. The molecule has 0 aliphatic carbocycles. The molecule has 1 rings (SSSR count). The fraction of sp³-hybridized carbons (Fsp3) is 0.333. The highest BCUT2D eigenvalue weighted by Gasteiger charge is 2.04. The quantitative estimate of drug-likeness (QED) is 0.536. The van der Waals surface area contributed by atoms with Crippen LogP contribution >= 0.6 is 0 Å². The van der Waals surface area contributed by atoms with Crippen molar-refractivity contribution >= 4 is 5.91 Å². The summed E-state index contributed by atoms with van der Waals surface area (Å²) in [5, 5.41) is 7.25. The van der Waals surface area contributed by atoms with Crippen molar-refractivity contribution in [2.75, 3.05) is 6.54 Å². The van der Waals surface area contributed by atoms with Crippen molar-refractivity contribution in [1.29, 1.82) is 0 Å². The van der Waals surface area contributed by atoms with Gasteiger partial charge < -0.3 is 5.32 Å². The van der Waals surface area contributed by atoms with Gasteiger partial charge in [-0.1, -0.05) is 0 Å². The van der Waals surface area contributed by atoms with E-state index in [0.29, 0.717) is 6.54 Å². The van der Waals surface area contributed by atoms with Gasteiger partial charge in [-0.05, 0) is 6.92 Å². The van der Waals surface area contributed by atoms with Crippen molar-refractivity contribution in [3.63, 3.8) is 0 Å². The van der Waals surface area contributed by atoms with E-state index in [-0.39, 0.29) is 17.2 Å². The van der Waals surface area contributed by atoms with Crippen molar-refractivity contribution in [3.05, 3.63) is 22.1 Å². The second-order valence-corrected chi connectivity index (χ2v) is 2.03. The number of aromatic amines is 2. The Labute approximate surface area is 62.8 Å². The Balaban J connectivity index is 2.76. The first-order valence-electron chi connectivity index (χ1n) is 3.30. The minimum Gasteiger partial charge on any atom is -0.351 e. The standard InChI is InChI=1S/C6H9N3O2/c1-2-7-6(11)4-3-5(10)9-8-4/h3H,2H2,1H3,(H,7,11)(H2,8,9,10). The Kier molecular flexibility index (Phi) is 2.10. The summed E-state index contributed by atoms with van der Waals surface area (Å²) >= 11 is 0. The summed E-state index contributed by atoms with van der Waals surface area (Å²) in [7, 11) is 0. The molecule has 1 heterocycles. The molecule has 0 atom stereocenters. The summed E-state index contributed by atoms with van der Waals surface area (Å²) in [5.74, 6) is -0.272. The molecule has 0 fully saturated rings. The summed E-state index contributed by atoms with van der Waals surface area (Å²) in [4.78, 5) is 21.5. The van der Waals surface area contributed by atoms with Gasteiger partial charge >= 0.3 is 0 Å². The molecule has 0 aliphatic heterocycles. The molecule has 1 amide bonds. The van der Waals surface area contributed by atoms with Gasteiger partial charge in [0.15, 0.2) is 0 Å². The summed E-state index contributed by atoms with van der Waals surface area (Å²) < 4.78 is 0. The second kappa shape index (κ2) is 3.05. The highest BCUT2D eigenvalue weighted by Crippen LogP contribution is 1.85. The molecule has 5 nitrogen and oxygen atoms in total. The molecule has 0 radical (unpaired) electrons. The first-order chi connectivity index (χ1) is 5.24. The summed E-state index contributed by atoms with van der Waals surface area (Å²) in [6.45, 7) is 2.36. The monoisotopic (exact) mass is 155 g/mol. The number of carbonyl (C=O) groups is 1. The number of H-pyrrole nitrogens is 2. The van der Waals surface area contributed by atoms with Crippen LogP contribution in [0.2, 0.25) is 0 Å². The van der Waals surface area contributed by atoms with Crippen LogP contribution in [0.5, 0.6) is 0 Å². The number of hydrogen-bond donors (Lipinski definition) is 3. The number of hydrogen-bond acceptors (Lipinski definition) is 2. The third kappa shape index (κ3) is 1.70. The van der Waals surface area contributed by atoms with Crippen LogP contribution in [0.4, 0.5) is 0 Å². The maximum atomic E-state index is 11.0. The predicted molar refractivity (Wildman–Crippen MR) is 39.4 cm³/mol. The maximum Gasteiger partial charge on any atom is 0.269 e. The Morgan fingerprint density at radius 2 is 2.36 bits per heavy atom. The number of nitrogens with one attached hydrogen (secondary N) is 3. The number of amides is 1. The summed E-state index contributed by atoms with van der Waals surface area (Å²) in [6, 6.07) is 1.21. The van der Waals surface area contributed by atoms with Crippen LogP contribution in [0.15, 0.2) is 10.9 Å². The lowest BCUT2D eigenvalue weighted by atomic mass is 10.4. The minimum atomic E-state index is -0.300. The number of carbonyl (C=O) groups excluding carboxylic acids is 1. The molecule has 1 aromatic heterocycles. The Morgan fingerprint density at radius 3 is 2.82 bits per heavy atom. The molecule has 0 unspecified atom stereocenters. The topological polar surface area (TPSA) is 77.8 Å². The van der Waals surface area contributed by atoms with E-state index in [2.05, 4.69) is 15.5 Å². The van der Waals surface area contributed by atoms with Crippen molar-refractivity contribution in [2.24, 2.45) is 0 Å². The van der Waals surface area contributed by atoms with Gasteiger partial charge in [-0.2, -0.15) is 0 Å². The SMILES string of the molecule is CCNC(=O)c1cc(=O)[nH][nH]1. The zero-order chi connectivity index (χ0) is 8.27. The third-order valence-electron chi connectivity index (χ3n) is 1.18. The fourth-order valence-electron chi connectivity index (χ4n) is 0.710. The third-order valence-corrected chi connectivity index (χ3v) is 1.18. The molecular weight excluding hydrogens is 146 g/mol. The van der Waals surface area contributed by atoms with Crippen LogP contribution in [0.1, 0.15) is 17.4 Å². The van der Waals surface area contributed by atoms with Gasteiger partial charge in [0.25, 0.3) is 11.5 Å². The van der Waals surface area contributed by atoms with E-state index in [4.69, 9.17) is 0 Å². The second-order valence-electron chi connectivity index (χ2n) is 2.03. The van der Waals surface area contributed by atoms with Gasteiger partial charge in [0, 0.05) is 12.6 Å². The van der Waals surface area contributed by atoms with E-state index >= 15 is 0 Å². The lowest BCUT2D eigenvalue weighted by Crippen LogP contribution is -2.22. The molecule has 0 aliphatic rings. The molecule has 60 valence electrons. The lowest BCUT2D eigenvalue weighted by Gasteiger charge is -1.95. The normalized spacial score (nSPS) is 9.55. The van der Waals surface area contributed by atoms with E-state index in [0.717, 1.165) is 0 Å². The minimum absolute atomic E-state index is 0.261. The Hall–Kier alpha value is -1.52. The van der Waals surface area contributed by atoms with Crippen LogP contribution in [-0.4, -0.2) is 22.6 Å². The van der Waals surface area contributed by atoms with Crippen LogP contribution < -0.4 is 10.9 Å². The summed E-state index contributed by atoms with van der Waals surface area (Å²) in [6.07, 6.45) is 0. The zero-order valence-corrected chi connectivity index (χ0v) is 6.10. The first kappa shape index (κ1) is 7.59. The van der Waals surface area contributed by atoms with E-state index < -0.39 is 0 Å². The van der Waals surface area contributed by atoms with Gasteiger partial charge in [0.2, 0.25) is 0 Å². The average molecular weight is 155 g/mol. The average Bonchev–Trinajstić information content (AvgIpc) is 2.36. The van der Waals surface area contributed by atoms with Gasteiger partial charge in [0.1, 0.15) is 5.69 Å². The molecule has 0 bridgehead atoms. The molecular formula is C6H9N3O2. The van der Waals surface area contributed by atoms with Crippen LogP contribution in [0, 0.1) is 0 Å². The summed E-state index contributed by atoms with van der Waals surface area (Å²) in [5.41, 5.74) is -0.0388. The van der Waals surface area contributed by atoms with Crippen LogP contribution in [-0.2, 0) is 0 Å². The Morgan fingerprint density at radius 1 is 1.64 bits per heavy atom. The van der Waals surface area contributed by atoms with Gasteiger partial charge in [0.05, 0.1) is 0 Å². The molecule has 0 saturated carbocycles. The maximum absolute atomic E-state index is 11.0. The van der Waals surface area contributed by atoms with Gasteiger partial charge in [-0.25, -0.2) is 0 Å². The van der Waals surface area contributed by atoms with Crippen molar-refractivity contribution in [1.82, 2.24) is 15.5 Å². The van der Waals surface area contributed by atoms with Crippen molar-refractivity contribution in [3.8, 4) is 0 Å². The number of rotatable bonds is 2. The zero-order valence-electron chi connectivity index (χ0n) is 6.10. The molecule has 0 saturated heterocycles. The molecule has 11 heavy (non-hydrogen) atoms. The van der Waals surface area contributed by atoms with Crippen molar-refractivity contribution < 1.29 is 4.79 Å². The number of aromatic nitrogens is 2. The fourth-order valence-corrected chi connectivity index (χ4v) is 0.710. The molecule has 0 spiro atoms. The Bertz CT molecular complexity index is 299. The van der Waals surface area contributed by atoms with Gasteiger partial charge in [-0.3, -0.25) is 19.8 Å². The van der Waals surface area contributed by atoms with Crippen LogP contribution in [0.3, 0.4) is 0 Å². The van der Waals surface area contributed by atoms with E-state index in [9.17, 15) is 9.59 Å².